The van der Waals surface area contributed by atoms with Crippen molar-refractivity contribution >= 4 is 23.5 Å². The molecule has 1 aromatic rings. The molecule has 0 spiro atoms. The number of dihydropyridines is 1. The highest BCUT2D eigenvalue weighted by Gasteiger charge is 2.35. The van der Waals surface area contributed by atoms with Gasteiger partial charge in [-0.3, -0.25) is 4.79 Å². The molecule has 1 N–H and O–H groups in total. The van der Waals surface area contributed by atoms with Gasteiger partial charge >= 0.3 is 5.97 Å². The number of ether oxygens (including phenoxy) is 2. The van der Waals surface area contributed by atoms with Crippen molar-refractivity contribution in [2.24, 2.45) is 0 Å². The molecule has 0 bridgehead atoms. The molecule has 0 saturated carbocycles. The van der Waals surface area contributed by atoms with Crippen LogP contribution in [0.15, 0.2) is 46.1 Å². The summed E-state index contributed by atoms with van der Waals surface area (Å²) in [6, 6.07) is 9.38. The number of nitriles is 1. The number of Topliss-reactive ketones (excluding diaryl/α,β-unsaturated/α-hetero) is 1. The van der Waals surface area contributed by atoms with Gasteiger partial charge in [-0.2, -0.15) is 5.26 Å². The Morgan fingerprint density at radius 1 is 1.27 bits per heavy atom. The number of allylic oxidation sites excluding steroid dienone is 2. The standard InChI is InChI=1S/C19H20N2O4S/c1-11(22)10-26-18-15(9-20)17(13-5-7-14(24-3)8-6-13)16(12(2)21-18)19(23)25-4/h5-8,17,21H,10H2,1-4H3. The lowest BCUT2D eigenvalue weighted by Gasteiger charge is -2.29. The molecule has 1 unspecified atom stereocenters. The van der Waals surface area contributed by atoms with E-state index in [0.717, 1.165) is 5.56 Å². The van der Waals surface area contributed by atoms with E-state index in [4.69, 9.17) is 9.47 Å². The smallest absolute Gasteiger partial charge is 0.336 e. The van der Waals surface area contributed by atoms with Crippen molar-refractivity contribution in [1.29, 1.82) is 5.26 Å². The van der Waals surface area contributed by atoms with Crippen LogP contribution < -0.4 is 10.1 Å². The van der Waals surface area contributed by atoms with Gasteiger partial charge in [0.25, 0.3) is 0 Å². The van der Waals surface area contributed by atoms with E-state index in [2.05, 4.69) is 11.4 Å². The summed E-state index contributed by atoms with van der Waals surface area (Å²) in [5, 5.41) is 13.4. The maximum atomic E-state index is 12.4. The molecule has 0 amide bonds. The number of hydrogen-bond donors (Lipinski definition) is 1. The number of benzene rings is 1. The maximum absolute atomic E-state index is 12.4. The van der Waals surface area contributed by atoms with Crippen LogP contribution in [0.1, 0.15) is 25.3 Å². The Bertz CT molecular complexity index is 819. The van der Waals surface area contributed by atoms with E-state index < -0.39 is 11.9 Å². The van der Waals surface area contributed by atoms with Crippen LogP contribution in [0.2, 0.25) is 0 Å². The van der Waals surface area contributed by atoms with Crippen molar-refractivity contribution in [2.45, 2.75) is 19.8 Å². The van der Waals surface area contributed by atoms with Crippen LogP contribution >= 0.6 is 11.8 Å². The number of carbonyl (C=O) groups is 2. The minimum Gasteiger partial charge on any atom is -0.497 e. The van der Waals surface area contributed by atoms with Crippen LogP contribution in [-0.4, -0.2) is 31.7 Å². The number of ketones is 1. The topological polar surface area (TPSA) is 88.4 Å². The second kappa shape index (κ2) is 8.59. The van der Waals surface area contributed by atoms with E-state index in [1.54, 1.807) is 26.2 Å². The van der Waals surface area contributed by atoms with Gasteiger partial charge in [0.15, 0.2) is 0 Å². The number of nitrogens with one attached hydrogen (secondary N) is 1. The van der Waals surface area contributed by atoms with Gasteiger partial charge in [-0.05, 0) is 31.5 Å². The maximum Gasteiger partial charge on any atom is 0.336 e. The second-order valence-corrected chi connectivity index (χ2v) is 6.69. The molecule has 7 heteroatoms. The summed E-state index contributed by atoms with van der Waals surface area (Å²) in [6.45, 7) is 3.25. The number of thioether (sulfide) groups is 1. The van der Waals surface area contributed by atoms with Gasteiger partial charge in [-0.25, -0.2) is 4.79 Å². The summed E-state index contributed by atoms with van der Waals surface area (Å²) >= 11 is 1.25. The van der Waals surface area contributed by atoms with E-state index >= 15 is 0 Å². The number of methoxy groups -OCH3 is 2. The molecule has 0 aliphatic carbocycles. The predicted octanol–water partition coefficient (Wildman–Crippen LogP) is 2.89. The van der Waals surface area contributed by atoms with Gasteiger partial charge in [0.05, 0.1) is 48.1 Å². The largest absolute Gasteiger partial charge is 0.497 e. The molecule has 0 radical (unpaired) electrons. The van der Waals surface area contributed by atoms with Crippen LogP contribution in [0.25, 0.3) is 0 Å². The lowest BCUT2D eigenvalue weighted by Crippen LogP contribution is -2.28. The normalized spacial score (nSPS) is 16.7. The molecule has 1 aliphatic rings. The number of rotatable bonds is 6. The number of carbonyl (C=O) groups excluding carboxylic acids is 2. The van der Waals surface area contributed by atoms with Crippen LogP contribution in [0, 0.1) is 11.3 Å². The third-order valence-corrected chi connectivity index (χ3v) is 5.08. The zero-order chi connectivity index (χ0) is 19.3. The van der Waals surface area contributed by atoms with Crippen molar-refractivity contribution in [3.63, 3.8) is 0 Å². The Hall–Kier alpha value is -2.72. The van der Waals surface area contributed by atoms with Crippen LogP contribution in [0.5, 0.6) is 5.75 Å². The molecule has 1 heterocycles. The van der Waals surface area contributed by atoms with Gasteiger partial charge in [0.1, 0.15) is 11.5 Å². The molecule has 26 heavy (non-hydrogen) atoms. The van der Waals surface area contributed by atoms with Crippen molar-refractivity contribution in [1.82, 2.24) is 5.32 Å². The van der Waals surface area contributed by atoms with E-state index in [-0.39, 0.29) is 11.5 Å². The summed E-state index contributed by atoms with van der Waals surface area (Å²) in [5.41, 5.74) is 2.13. The Kier molecular flexibility index (Phi) is 6.47. The highest BCUT2D eigenvalue weighted by molar-refractivity contribution is 8.03. The average molecular weight is 372 g/mol. The molecule has 1 atom stereocenters. The quantitative estimate of drug-likeness (QED) is 0.768. The van der Waals surface area contributed by atoms with E-state index in [1.807, 2.05) is 12.1 Å². The fraction of sp³-hybridized carbons (Fsp3) is 0.316. The monoisotopic (exact) mass is 372 g/mol. The third-order valence-electron chi connectivity index (χ3n) is 3.92. The Balaban J connectivity index is 2.58. The zero-order valence-electron chi connectivity index (χ0n) is 15.1. The Morgan fingerprint density at radius 3 is 2.42 bits per heavy atom. The van der Waals surface area contributed by atoms with Crippen molar-refractivity contribution in [3.05, 3.63) is 51.7 Å². The molecule has 0 fully saturated rings. The third kappa shape index (κ3) is 4.09. The number of nitrogens with zero attached hydrogens (tertiary/aromatic N) is 1. The fourth-order valence-electron chi connectivity index (χ4n) is 2.71. The molecule has 136 valence electrons. The van der Waals surface area contributed by atoms with Crippen molar-refractivity contribution in [3.8, 4) is 11.8 Å². The highest BCUT2D eigenvalue weighted by atomic mass is 32.2. The summed E-state index contributed by atoms with van der Waals surface area (Å²) in [7, 11) is 2.88. The first-order valence-corrected chi connectivity index (χ1v) is 8.88. The number of esters is 1. The minimum absolute atomic E-state index is 0.00276. The first-order valence-electron chi connectivity index (χ1n) is 7.89. The van der Waals surface area contributed by atoms with Gasteiger partial charge in [-0.1, -0.05) is 23.9 Å². The SMILES string of the molecule is COC(=O)C1=C(C)NC(SCC(C)=O)=C(C#N)C1c1ccc(OC)cc1. The first-order chi connectivity index (χ1) is 12.4. The molecular weight excluding hydrogens is 352 g/mol. The lowest BCUT2D eigenvalue weighted by molar-refractivity contribution is -0.136. The summed E-state index contributed by atoms with van der Waals surface area (Å²) < 4.78 is 10.1. The first kappa shape index (κ1) is 19.6. The van der Waals surface area contributed by atoms with Gasteiger partial charge in [0, 0.05) is 5.70 Å². The van der Waals surface area contributed by atoms with Crippen LogP contribution in [-0.2, 0) is 14.3 Å². The van der Waals surface area contributed by atoms with E-state index in [1.165, 1.54) is 25.8 Å². The van der Waals surface area contributed by atoms with Gasteiger partial charge in [0.2, 0.25) is 0 Å². The van der Waals surface area contributed by atoms with E-state index in [0.29, 0.717) is 27.6 Å². The zero-order valence-corrected chi connectivity index (χ0v) is 15.9. The molecule has 1 aliphatic heterocycles. The van der Waals surface area contributed by atoms with Gasteiger partial charge < -0.3 is 14.8 Å². The molecule has 6 nitrogen and oxygen atoms in total. The van der Waals surface area contributed by atoms with Crippen LogP contribution in [0.4, 0.5) is 0 Å². The molecule has 0 aromatic heterocycles. The number of hydrogen-bond acceptors (Lipinski definition) is 7. The van der Waals surface area contributed by atoms with Crippen LogP contribution in [0.3, 0.4) is 0 Å². The highest BCUT2D eigenvalue weighted by Crippen LogP contribution is 2.41. The van der Waals surface area contributed by atoms with Crippen molar-refractivity contribution in [2.75, 3.05) is 20.0 Å². The lowest BCUT2D eigenvalue weighted by atomic mass is 9.82. The Morgan fingerprint density at radius 2 is 1.92 bits per heavy atom. The molecule has 2 rings (SSSR count). The van der Waals surface area contributed by atoms with E-state index in [9.17, 15) is 14.9 Å². The molecule has 1 aromatic carbocycles. The minimum atomic E-state index is -0.575. The predicted molar refractivity (Wildman–Crippen MR) is 99.4 cm³/mol. The van der Waals surface area contributed by atoms with Crippen molar-refractivity contribution < 1.29 is 19.1 Å². The second-order valence-electron chi connectivity index (χ2n) is 5.71. The average Bonchev–Trinajstić information content (AvgIpc) is 2.65. The summed E-state index contributed by atoms with van der Waals surface area (Å²) in [5.74, 6) is -0.156. The molecule has 0 saturated heterocycles. The van der Waals surface area contributed by atoms with Gasteiger partial charge in [-0.15, -0.1) is 0 Å². The molecular formula is C19H20N2O4S. The summed E-state index contributed by atoms with van der Waals surface area (Å²) in [6.07, 6.45) is 0. The summed E-state index contributed by atoms with van der Waals surface area (Å²) in [4.78, 5) is 23.7. The Labute approximate surface area is 156 Å². The fourth-order valence-corrected chi connectivity index (χ4v) is 3.60.